The molecule has 0 saturated carbocycles. The topological polar surface area (TPSA) is 81.8 Å². The first-order valence-corrected chi connectivity index (χ1v) is 6.60. The van der Waals surface area contributed by atoms with Gasteiger partial charge in [-0.2, -0.15) is 0 Å². The van der Waals surface area contributed by atoms with Crippen molar-refractivity contribution >= 4 is 11.7 Å². The number of carbonyl (C=O) groups is 1. The van der Waals surface area contributed by atoms with Crippen LogP contribution in [0.15, 0.2) is 18.2 Å². The Hall–Kier alpha value is -1.75. The third kappa shape index (κ3) is 2.88. The maximum atomic E-state index is 10.9. The van der Waals surface area contributed by atoms with Crippen molar-refractivity contribution in [3.05, 3.63) is 23.8 Å². The lowest BCUT2D eigenvalue weighted by Gasteiger charge is -2.27. The minimum absolute atomic E-state index is 0.0830. The molecule has 1 aliphatic rings. The molecule has 1 heterocycles. The Morgan fingerprint density at radius 1 is 1.40 bits per heavy atom. The van der Waals surface area contributed by atoms with Crippen LogP contribution in [0.25, 0.3) is 0 Å². The van der Waals surface area contributed by atoms with Crippen molar-refractivity contribution in [3.8, 4) is 5.75 Å². The predicted molar refractivity (Wildman–Crippen MR) is 76.1 cm³/mol. The van der Waals surface area contributed by atoms with E-state index >= 15 is 0 Å². The first kappa shape index (κ1) is 14.7. The molecule has 5 heteroatoms. The second-order valence-corrected chi connectivity index (χ2v) is 6.33. The minimum atomic E-state index is -1.04. The van der Waals surface area contributed by atoms with E-state index in [2.05, 4.69) is 0 Å². The number of aromatic carboxylic acids is 1. The Morgan fingerprint density at radius 2 is 2.05 bits per heavy atom. The Kier molecular flexibility index (Phi) is 3.42. The molecule has 0 aliphatic carbocycles. The van der Waals surface area contributed by atoms with Crippen molar-refractivity contribution in [1.82, 2.24) is 0 Å². The van der Waals surface area contributed by atoms with E-state index in [0.717, 1.165) is 6.42 Å². The van der Waals surface area contributed by atoms with Crippen LogP contribution in [-0.4, -0.2) is 28.4 Å². The first-order chi connectivity index (χ1) is 9.11. The van der Waals surface area contributed by atoms with Crippen molar-refractivity contribution in [2.24, 2.45) is 0 Å². The summed E-state index contributed by atoms with van der Waals surface area (Å²) in [5.74, 6) is -0.480. The van der Waals surface area contributed by atoms with Gasteiger partial charge in [0.05, 0.1) is 11.2 Å². The van der Waals surface area contributed by atoms with E-state index in [4.69, 9.17) is 20.3 Å². The molecule has 1 aromatic rings. The molecule has 110 valence electrons. The quantitative estimate of drug-likeness (QED) is 0.831. The molecule has 1 fully saturated rings. The summed E-state index contributed by atoms with van der Waals surface area (Å²) in [6.45, 7) is 8.03. The molecule has 2 rings (SSSR count). The van der Waals surface area contributed by atoms with Crippen molar-refractivity contribution in [2.45, 2.75) is 51.4 Å². The zero-order valence-electron chi connectivity index (χ0n) is 12.3. The Morgan fingerprint density at radius 3 is 2.50 bits per heavy atom. The fraction of sp³-hybridized carbons (Fsp3) is 0.533. The zero-order valence-corrected chi connectivity index (χ0v) is 12.3. The van der Waals surface area contributed by atoms with E-state index in [1.165, 1.54) is 6.07 Å². The third-order valence-corrected chi connectivity index (χ3v) is 3.52. The van der Waals surface area contributed by atoms with Crippen molar-refractivity contribution in [1.29, 1.82) is 0 Å². The lowest BCUT2D eigenvalue weighted by molar-refractivity contribution is -0.0846. The van der Waals surface area contributed by atoms with Gasteiger partial charge in [-0.25, -0.2) is 4.79 Å². The molecule has 1 unspecified atom stereocenters. The van der Waals surface area contributed by atoms with Crippen molar-refractivity contribution in [3.63, 3.8) is 0 Å². The van der Waals surface area contributed by atoms with E-state index in [-0.39, 0.29) is 23.0 Å². The van der Waals surface area contributed by atoms with Crippen LogP contribution in [0, 0.1) is 0 Å². The maximum Gasteiger partial charge on any atom is 0.337 e. The first-order valence-electron chi connectivity index (χ1n) is 6.60. The number of nitrogens with two attached hydrogens (primary N) is 1. The number of rotatable bonds is 3. The molecular formula is C15H21NO4. The van der Waals surface area contributed by atoms with Crippen molar-refractivity contribution in [2.75, 3.05) is 5.73 Å². The Bertz CT molecular complexity index is 537. The van der Waals surface area contributed by atoms with Crippen LogP contribution in [0.5, 0.6) is 5.75 Å². The lowest BCUT2D eigenvalue weighted by Crippen LogP contribution is -2.36. The van der Waals surface area contributed by atoms with Crippen LogP contribution in [-0.2, 0) is 4.74 Å². The highest BCUT2D eigenvalue weighted by atomic mass is 16.6. The smallest absolute Gasteiger partial charge is 0.337 e. The monoisotopic (exact) mass is 279 g/mol. The number of hydrogen-bond acceptors (Lipinski definition) is 4. The molecule has 1 atom stereocenters. The third-order valence-electron chi connectivity index (χ3n) is 3.52. The van der Waals surface area contributed by atoms with E-state index in [9.17, 15) is 4.79 Å². The molecule has 20 heavy (non-hydrogen) atoms. The van der Waals surface area contributed by atoms with Gasteiger partial charge in [-0.1, -0.05) is 0 Å². The molecule has 1 aromatic carbocycles. The van der Waals surface area contributed by atoms with Gasteiger partial charge < -0.3 is 20.3 Å². The van der Waals surface area contributed by atoms with Gasteiger partial charge in [0, 0.05) is 18.2 Å². The number of anilines is 1. The van der Waals surface area contributed by atoms with Crippen LogP contribution in [0.1, 0.15) is 44.5 Å². The summed E-state index contributed by atoms with van der Waals surface area (Å²) in [6.07, 6.45) is 0.660. The second-order valence-electron chi connectivity index (χ2n) is 6.33. The van der Waals surface area contributed by atoms with E-state index in [1.807, 2.05) is 27.7 Å². The highest BCUT2D eigenvalue weighted by molar-refractivity contribution is 5.93. The maximum absolute atomic E-state index is 10.9. The SMILES string of the molecule is CC1(C)CC(Oc2ccc(C(=O)O)c(N)c2)C(C)(C)O1. The molecule has 0 amide bonds. The molecule has 3 N–H and O–H groups in total. The summed E-state index contributed by atoms with van der Waals surface area (Å²) in [4.78, 5) is 10.9. The van der Waals surface area contributed by atoms with Crippen LogP contribution >= 0.6 is 0 Å². The molecule has 0 aromatic heterocycles. The number of hydrogen-bond donors (Lipinski definition) is 2. The van der Waals surface area contributed by atoms with Gasteiger partial charge in [0.1, 0.15) is 17.5 Å². The number of nitrogen functional groups attached to an aromatic ring is 1. The lowest BCUT2D eigenvalue weighted by atomic mass is 9.97. The number of carboxylic acid groups (broad SMARTS) is 1. The summed E-state index contributed by atoms with van der Waals surface area (Å²) in [5, 5.41) is 8.95. The fourth-order valence-corrected chi connectivity index (χ4v) is 2.67. The summed E-state index contributed by atoms with van der Waals surface area (Å²) in [6, 6.07) is 4.63. The van der Waals surface area contributed by atoms with Crippen LogP contribution < -0.4 is 10.5 Å². The minimum Gasteiger partial charge on any atom is -0.487 e. The highest BCUT2D eigenvalue weighted by Gasteiger charge is 2.47. The normalized spacial score (nSPS) is 23.5. The van der Waals surface area contributed by atoms with Gasteiger partial charge in [0.2, 0.25) is 0 Å². The average molecular weight is 279 g/mol. The summed E-state index contributed by atoms with van der Waals surface area (Å²) >= 11 is 0. The van der Waals surface area contributed by atoms with Gasteiger partial charge in [0.25, 0.3) is 0 Å². The number of ether oxygens (including phenoxy) is 2. The van der Waals surface area contributed by atoms with E-state index in [0.29, 0.717) is 5.75 Å². The van der Waals surface area contributed by atoms with Crippen molar-refractivity contribution < 1.29 is 19.4 Å². The van der Waals surface area contributed by atoms with Gasteiger partial charge in [-0.3, -0.25) is 0 Å². The molecular weight excluding hydrogens is 258 g/mol. The fourth-order valence-electron chi connectivity index (χ4n) is 2.67. The number of carboxylic acids is 1. The van der Waals surface area contributed by atoms with E-state index < -0.39 is 11.6 Å². The second kappa shape index (κ2) is 4.66. The summed E-state index contributed by atoms with van der Waals surface area (Å²) in [7, 11) is 0. The van der Waals surface area contributed by atoms with Crippen LogP contribution in [0.4, 0.5) is 5.69 Å². The summed E-state index contributed by atoms with van der Waals surface area (Å²) in [5.41, 5.74) is 5.37. The molecule has 0 bridgehead atoms. The largest absolute Gasteiger partial charge is 0.487 e. The molecule has 5 nitrogen and oxygen atoms in total. The van der Waals surface area contributed by atoms with E-state index in [1.54, 1.807) is 12.1 Å². The molecule has 1 aliphatic heterocycles. The molecule has 0 spiro atoms. The standard InChI is InChI=1S/C15H21NO4/c1-14(2)8-12(15(3,4)20-14)19-9-5-6-10(13(17)18)11(16)7-9/h5-7,12H,8,16H2,1-4H3,(H,17,18). The number of benzene rings is 1. The molecule has 0 radical (unpaired) electrons. The van der Waals surface area contributed by atoms with Crippen LogP contribution in [0.2, 0.25) is 0 Å². The van der Waals surface area contributed by atoms with Crippen LogP contribution in [0.3, 0.4) is 0 Å². The zero-order chi connectivity index (χ0) is 15.1. The van der Waals surface area contributed by atoms with Gasteiger partial charge in [-0.05, 0) is 39.8 Å². The van der Waals surface area contributed by atoms with Gasteiger partial charge >= 0.3 is 5.97 Å². The summed E-state index contributed by atoms with van der Waals surface area (Å²) < 4.78 is 11.9. The van der Waals surface area contributed by atoms with Gasteiger partial charge in [-0.15, -0.1) is 0 Å². The van der Waals surface area contributed by atoms with Gasteiger partial charge in [0.15, 0.2) is 0 Å². The Balaban J connectivity index is 2.19. The Labute approximate surface area is 118 Å². The predicted octanol–water partition coefficient (Wildman–Crippen LogP) is 2.69. The highest BCUT2D eigenvalue weighted by Crippen LogP contribution is 2.39. The average Bonchev–Trinajstić information content (AvgIpc) is 2.45. The molecule has 1 saturated heterocycles.